The van der Waals surface area contributed by atoms with E-state index in [9.17, 15) is 14.7 Å². The number of likely N-dealkylation sites (N-methyl/N-ethyl adjacent to an activating group) is 1. The molecule has 0 saturated carbocycles. The normalized spacial score (nSPS) is 18.9. The predicted molar refractivity (Wildman–Crippen MR) is 106 cm³/mol. The summed E-state index contributed by atoms with van der Waals surface area (Å²) in [5, 5.41) is 11.0. The maximum absolute atomic E-state index is 12.9. The Morgan fingerprint density at radius 1 is 1.18 bits per heavy atom. The van der Waals surface area contributed by atoms with Gasteiger partial charge in [0.1, 0.15) is 11.6 Å². The van der Waals surface area contributed by atoms with Crippen molar-refractivity contribution in [1.29, 1.82) is 0 Å². The summed E-state index contributed by atoms with van der Waals surface area (Å²) in [6.45, 7) is 4.46. The fourth-order valence-electron chi connectivity index (χ4n) is 3.36. The predicted octanol–water partition coefficient (Wildman–Crippen LogP) is 2.08. The largest absolute Gasteiger partial charge is 0.507 e. The number of aromatic nitrogens is 2. The number of Topliss-reactive ketones (excluding diaryl/α,β-unsaturated/α-hetero) is 1. The molecule has 146 valence electrons. The number of rotatable bonds is 5. The number of benzene rings is 1. The zero-order valence-corrected chi connectivity index (χ0v) is 16.5. The summed E-state index contributed by atoms with van der Waals surface area (Å²) in [4.78, 5) is 37.5. The van der Waals surface area contributed by atoms with Crippen LogP contribution in [0.2, 0.25) is 0 Å². The highest BCUT2D eigenvalue weighted by atomic mass is 16.3. The number of nitrogens with zero attached hydrogens (tertiary/aromatic N) is 4. The molecule has 2 aromatic rings. The summed E-state index contributed by atoms with van der Waals surface area (Å²) >= 11 is 0. The number of carbonyl (C=O) groups is 2. The molecule has 1 amide bonds. The average molecular weight is 380 g/mol. The smallest absolute Gasteiger partial charge is 0.295 e. The number of ketones is 1. The van der Waals surface area contributed by atoms with Gasteiger partial charge in [-0.15, -0.1) is 0 Å². The SMILES string of the molecule is Cc1ncc(/C(O)=C2\C(=O)C(=O)N(CCN(C)C)[C@H]2c2ccccc2)c(C)n1. The standard InChI is InChI=1S/C21H24N4O3/c1-13-16(12-22-14(2)23-13)19(26)17-18(15-8-6-5-7-9-15)25(11-10-24(3)4)21(28)20(17)27/h5-9,12,18,26H,10-11H2,1-4H3/b19-17+/t18-/m0/s1. The van der Waals surface area contributed by atoms with Crippen molar-refractivity contribution in [3.63, 3.8) is 0 Å². The van der Waals surface area contributed by atoms with Crippen LogP contribution in [-0.2, 0) is 9.59 Å². The highest BCUT2D eigenvalue weighted by Gasteiger charge is 2.46. The minimum Gasteiger partial charge on any atom is -0.507 e. The lowest BCUT2D eigenvalue weighted by molar-refractivity contribution is -0.140. The Hall–Kier alpha value is -3.06. The van der Waals surface area contributed by atoms with Crippen LogP contribution >= 0.6 is 0 Å². The fourth-order valence-corrected chi connectivity index (χ4v) is 3.36. The van der Waals surface area contributed by atoms with Gasteiger partial charge in [0.2, 0.25) is 0 Å². The van der Waals surface area contributed by atoms with Crippen LogP contribution in [0.3, 0.4) is 0 Å². The lowest BCUT2D eigenvalue weighted by Gasteiger charge is -2.26. The van der Waals surface area contributed by atoms with Crippen molar-refractivity contribution in [2.75, 3.05) is 27.2 Å². The van der Waals surface area contributed by atoms with Crippen LogP contribution in [0.1, 0.15) is 28.7 Å². The molecule has 28 heavy (non-hydrogen) atoms. The lowest BCUT2D eigenvalue weighted by atomic mass is 9.95. The van der Waals surface area contributed by atoms with Crippen LogP contribution in [-0.4, -0.2) is 63.7 Å². The molecule has 0 bridgehead atoms. The zero-order valence-electron chi connectivity index (χ0n) is 16.5. The van der Waals surface area contributed by atoms with E-state index < -0.39 is 17.7 Å². The number of amides is 1. The Balaban J connectivity index is 2.16. The van der Waals surface area contributed by atoms with Crippen molar-refractivity contribution < 1.29 is 14.7 Å². The second-order valence-electron chi connectivity index (χ2n) is 7.12. The first-order valence-electron chi connectivity index (χ1n) is 9.10. The summed E-state index contributed by atoms with van der Waals surface area (Å²) in [5.41, 5.74) is 1.76. The molecule has 0 spiro atoms. The third kappa shape index (κ3) is 3.66. The summed E-state index contributed by atoms with van der Waals surface area (Å²) in [6.07, 6.45) is 1.49. The van der Waals surface area contributed by atoms with Crippen LogP contribution < -0.4 is 0 Å². The third-order valence-electron chi connectivity index (χ3n) is 4.80. The van der Waals surface area contributed by atoms with E-state index in [1.807, 2.05) is 49.3 Å². The van der Waals surface area contributed by atoms with Crippen molar-refractivity contribution in [3.05, 3.63) is 64.7 Å². The number of hydrogen-bond acceptors (Lipinski definition) is 6. The first-order valence-corrected chi connectivity index (χ1v) is 9.10. The van der Waals surface area contributed by atoms with E-state index in [0.29, 0.717) is 30.2 Å². The molecule has 3 rings (SSSR count). The second kappa shape index (κ2) is 7.90. The van der Waals surface area contributed by atoms with Crippen molar-refractivity contribution in [3.8, 4) is 0 Å². The van der Waals surface area contributed by atoms with Crippen molar-refractivity contribution >= 4 is 17.4 Å². The van der Waals surface area contributed by atoms with Gasteiger partial charge >= 0.3 is 0 Å². The molecule has 0 aliphatic carbocycles. The number of aryl methyl sites for hydroxylation is 2. The van der Waals surface area contributed by atoms with Gasteiger partial charge in [-0.05, 0) is 33.5 Å². The van der Waals surface area contributed by atoms with E-state index in [0.717, 1.165) is 5.56 Å². The molecule has 2 heterocycles. The van der Waals surface area contributed by atoms with Gasteiger partial charge in [-0.1, -0.05) is 30.3 Å². The molecular formula is C21H24N4O3. The van der Waals surface area contributed by atoms with E-state index in [-0.39, 0.29) is 11.3 Å². The first kappa shape index (κ1) is 19.7. The molecule has 7 heteroatoms. The maximum Gasteiger partial charge on any atom is 0.295 e. The van der Waals surface area contributed by atoms with E-state index in [4.69, 9.17) is 0 Å². The summed E-state index contributed by atoms with van der Waals surface area (Å²) in [7, 11) is 3.81. The molecule has 7 nitrogen and oxygen atoms in total. The van der Waals surface area contributed by atoms with Crippen LogP contribution in [0.4, 0.5) is 0 Å². The van der Waals surface area contributed by atoms with Gasteiger partial charge < -0.3 is 14.9 Å². The average Bonchev–Trinajstić information content (AvgIpc) is 2.91. The fraction of sp³-hybridized carbons (Fsp3) is 0.333. The highest BCUT2D eigenvalue weighted by molar-refractivity contribution is 6.46. The molecule has 1 N–H and O–H groups in total. The Morgan fingerprint density at radius 2 is 1.86 bits per heavy atom. The molecule has 1 aromatic heterocycles. The molecule has 1 aliphatic rings. The van der Waals surface area contributed by atoms with Crippen LogP contribution in [0.5, 0.6) is 0 Å². The minimum atomic E-state index is -0.690. The van der Waals surface area contributed by atoms with Crippen molar-refractivity contribution in [1.82, 2.24) is 19.8 Å². The van der Waals surface area contributed by atoms with Crippen molar-refractivity contribution in [2.45, 2.75) is 19.9 Å². The monoisotopic (exact) mass is 380 g/mol. The molecule has 1 aromatic carbocycles. The number of aliphatic hydroxyl groups excluding tert-OH is 1. The topological polar surface area (TPSA) is 86.6 Å². The molecule has 0 radical (unpaired) electrons. The van der Waals surface area contributed by atoms with Gasteiger partial charge in [-0.25, -0.2) is 9.97 Å². The molecule has 1 atom stereocenters. The highest BCUT2D eigenvalue weighted by Crippen LogP contribution is 2.39. The van der Waals surface area contributed by atoms with Gasteiger partial charge in [-0.3, -0.25) is 9.59 Å². The minimum absolute atomic E-state index is 0.0745. The number of carbonyl (C=O) groups excluding carboxylic acids is 2. The first-order chi connectivity index (χ1) is 13.3. The van der Waals surface area contributed by atoms with Gasteiger partial charge in [-0.2, -0.15) is 0 Å². The summed E-state index contributed by atoms with van der Waals surface area (Å²) in [6, 6.07) is 8.62. The maximum atomic E-state index is 12.9. The van der Waals surface area contributed by atoms with E-state index in [1.54, 1.807) is 13.8 Å². The number of likely N-dealkylation sites (tertiary alicyclic amines) is 1. The lowest BCUT2D eigenvalue weighted by Crippen LogP contribution is -2.35. The van der Waals surface area contributed by atoms with E-state index >= 15 is 0 Å². The third-order valence-corrected chi connectivity index (χ3v) is 4.80. The quantitative estimate of drug-likeness (QED) is 0.486. The second-order valence-corrected chi connectivity index (χ2v) is 7.12. The number of hydrogen-bond donors (Lipinski definition) is 1. The van der Waals surface area contributed by atoms with E-state index in [1.165, 1.54) is 11.1 Å². The van der Waals surface area contributed by atoms with Crippen LogP contribution in [0, 0.1) is 13.8 Å². The van der Waals surface area contributed by atoms with Crippen LogP contribution in [0.25, 0.3) is 5.76 Å². The molecule has 1 saturated heterocycles. The molecule has 1 fully saturated rings. The van der Waals surface area contributed by atoms with Gasteiger partial charge in [0.05, 0.1) is 22.9 Å². The Morgan fingerprint density at radius 3 is 2.46 bits per heavy atom. The van der Waals surface area contributed by atoms with Gasteiger partial charge in [0.15, 0.2) is 0 Å². The van der Waals surface area contributed by atoms with Gasteiger partial charge in [0.25, 0.3) is 11.7 Å². The van der Waals surface area contributed by atoms with Crippen molar-refractivity contribution in [2.24, 2.45) is 0 Å². The number of aliphatic hydroxyl groups is 1. The molecular weight excluding hydrogens is 356 g/mol. The molecule has 0 unspecified atom stereocenters. The zero-order chi connectivity index (χ0) is 20.4. The van der Waals surface area contributed by atoms with E-state index in [2.05, 4.69) is 9.97 Å². The molecule has 1 aliphatic heterocycles. The Kier molecular flexibility index (Phi) is 5.56. The summed E-state index contributed by atoms with van der Waals surface area (Å²) in [5.74, 6) is -0.967. The van der Waals surface area contributed by atoms with Crippen LogP contribution in [0.15, 0.2) is 42.1 Å². The summed E-state index contributed by atoms with van der Waals surface area (Å²) < 4.78 is 0. The Bertz CT molecular complexity index is 938. The van der Waals surface area contributed by atoms with Gasteiger partial charge in [0, 0.05) is 19.3 Å². The Labute approximate surface area is 164 Å².